The lowest BCUT2D eigenvalue weighted by Crippen LogP contribution is -2.09. The molecule has 2 N–H and O–H groups in total. The fourth-order valence-corrected chi connectivity index (χ4v) is 3.05. The van der Waals surface area contributed by atoms with E-state index in [0.29, 0.717) is 19.8 Å². The molecule has 0 fully saturated rings. The Morgan fingerprint density at radius 3 is 1.17 bits per heavy atom. The Balaban J connectivity index is 2.93. The lowest BCUT2D eigenvalue weighted by molar-refractivity contribution is -0.292. The van der Waals surface area contributed by atoms with Gasteiger partial charge in [0.1, 0.15) is 0 Å². The maximum Gasteiger partial charge on any atom is 0.0944 e. The van der Waals surface area contributed by atoms with Gasteiger partial charge in [0, 0.05) is 6.54 Å². The van der Waals surface area contributed by atoms with Crippen molar-refractivity contribution < 1.29 is 9.78 Å². The smallest absolute Gasteiger partial charge is 0.0944 e. The molecule has 3 heteroatoms. The summed E-state index contributed by atoms with van der Waals surface area (Å²) < 4.78 is 0. The first-order valence-corrected chi connectivity index (χ1v) is 10.9. The molecule has 0 aliphatic carbocycles. The Hall–Kier alpha value is -0.120. The molecular weight excluding hydrogens is 298 g/mol. The second kappa shape index (κ2) is 22.9. The van der Waals surface area contributed by atoms with Crippen molar-refractivity contribution in [3.05, 3.63) is 0 Å². The van der Waals surface area contributed by atoms with Crippen molar-refractivity contribution in [2.75, 3.05) is 19.8 Å². The highest BCUT2D eigenvalue weighted by molar-refractivity contribution is 4.50. The number of rotatable bonds is 21. The van der Waals surface area contributed by atoms with Crippen LogP contribution in [0, 0.1) is 0 Å². The van der Waals surface area contributed by atoms with Crippen molar-refractivity contribution in [3.63, 3.8) is 0 Å². The van der Waals surface area contributed by atoms with Gasteiger partial charge in [-0.25, -0.2) is 9.78 Å². The maximum atomic E-state index is 5.30. The second-order valence-electron chi connectivity index (χ2n) is 7.09. The number of hydrogen-bond donors (Lipinski definition) is 1. The van der Waals surface area contributed by atoms with E-state index in [1.807, 2.05) is 0 Å². The lowest BCUT2D eigenvalue weighted by atomic mass is 10.0. The van der Waals surface area contributed by atoms with Crippen LogP contribution in [0.1, 0.15) is 116 Å². The zero-order chi connectivity index (χ0) is 17.6. The molecule has 0 rings (SSSR count). The number of nitrogens with two attached hydrogens (primary N) is 1. The number of unbranched alkanes of at least 4 members (excludes halogenated alkanes) is 16. The van der Waals surface area contributed by atoms with Crippen LogP contribution in [0.3, 0.4) is 0 Å². The normalized spacial score (nSPS) is 11.2. The van der Waals surface area contributed by atoms with Crippen LogP contribution in [-0.4, -0.2) is 19.8 Å². The average molecular weight is 344 g/mol. The summed E-state index contributed by atoms with van der Waals surface area (Å²) in [6.07, 6.45) is 23.8. The van der Waals surface area contributed by atoms with Crippen LogP contribution in [0.25, 0.3) is 0 Å². The van der Waals surface area contributed by atoms with Crippen LogP contribution in [0.4, 0.5) is 0 Å². The van der Waals surface area contributed by atoms with Gasteiger partial charge in [-0.3, -0.25) is 0 Å². The zero-order valence-corrected chi connectivity index (χ0v) is 16.5. The first kappa shape index (κ1) is 23.9. The van der Waals surface area contributed by atoms with Crippen molar-refractivity contribution in [2.24, 2.45) is 5.73 Å². The van der Waals surface area contributed by atoms with E-state index < -0.39 is 0 Å². The van der Waals surface area contributed by atoms with Gasteiger partial charge in [-0.1, -0.05) is 110 Å². The topological polar surface area (TPSA) is 44.5 Å². The van der Waals surface area contributed by atoms with E-state index >= 15 is 0 Å². The SMILES string of the molecule is CCCCCCCCCCCCCCCCCCCOOCCN. The van der Waals surface area contributed by atoms with Crippen LogP contribution in [0.2, 0.25) is 0 Å². The molecule has 0 bridgehead atoms. The Morgan fingerprint density at radius 2 is 0.792 bits per heavy atom. The highest BCUT2D eigenvalue weighted by Gasteiger charge is 1.95. The minimum atomic E-state index is 0.499. The monoisotopic (exact) mass is 343 g/mol. The van der Waals surface area contributed by atoms with Crippen molar-refractivity contribution >= 4 is 0 Å². The third-order valence-corrected chi connectivity index (χ3v) is 4.62. The van der Waals surface area contributed by atoms with Gasteiger partial charge in [0.25, 0.3) is 0 Å². The summed E-state index contributed by atoms with van der Waals surface area (Å²) in [6, 6.07) is 0. The molecule has 0 radical (unpaired) electrons. The standard InChI is InChI=1S/C21H45NO2/c1-2-3-4-5-6-7-8-9-10-11-12-13-14-15-16-17-18-20-23-24-21-19-22/h2-22H2,1H3. The zero-order valence-electron chi connectivity index (χ0n) is 16.5. The van der Waals surface area contributed by atoms with E-state index in [1.165, 1.54) is 103 Å². The minimum Gasteiger partial charge on any atom is -0.328 e. The molecule has 0 saturated carbocycles. The van der Waals surface area contributed by atoms with Gasteiger partial charge >= 0.3 is 0 Å². The third kappa shape index (κ3) is 21.9. The molecular formula is C21H45NO2. The van der Waals surface area contributed by atoms with E-state index in [-0.39, 0.29) is 0 Å². The molecule has 0 heterocycles. The third-order valence-electron chi connectivity index (χ3n) is 4.62. The molecule has 3 nitrogen and oxygen atoms in total. The minimum absolute atomic E-state index is 0.499. The Morgan fingerprint density at radius 1 is 0.458 bits per heavy atom. The van der Waals surface area contributed by atoms with Crippen molar-refractivity contribution in [3.8, 4) is 0 Å². The Labute approximate surface area is 152 Å². The molecule has 146 valence electrons. The summed E-state index contributed by atoms with van der Waals surface area (Å²) in [5.41, 5.74) is 5.30. The van der Waals surface area contributed by atoms with Gasteiger partial charge < -0.3 is 5.73 Å². The van der Waals surface area contributed by atoms with E-state index in [9.17, 15) is 0 Å². The summed E-state index contributed by atoms with van der Waals surface area (Å²) >= 11 is 0. The van der Waals surface area contributed by atoms with Gasteiger partial charge in [-0.15, -0.1) is 0 Å². The van der Waals surface area contributed by atoms with E-state index in [2.05, 4.69) is 6.92 Å². The van der Waals surface area contributed by atoms with E-state index in [0.717, 1.165) is 6.42 Å². The largest absolute Gasteiger partial charge is 0.328 e. The fourth-order valence-electron chi connectivity index (χ4n) is 3.05. The summed E-state index contributed by atoms with van der Waals surface area (Å²) in [6.45, 7) is 4.02. The van der Waals surface area contributed by atoms with Crippen molar-refractivity contribution in [1.82, 2.24) is 0 Å². The highest BCUT2D eigenvalue weighted by Crippen LogP contribution is 2.13. The fraction of sp³-hybridized carbons (Fsp3) is 1.00. The molecule has 0 aromatic heterocycles. The summed E-state index contributed by atoms with van der Waals surface area (Å²) in [4.78, 5) is 9.90. The summed E-state index contributed by atoms with van der Waals surface area (Å²) in [5.74, 6) is 0. The van der Waals surface area contributed by atoms with Gasteiger partial charge in [0.2, 0.25) is 0 Å². The molecule has 0 aliphatic rings. The van der Waals surface area contributed by atoms with Gasteiger partial charge in [0.15, 0.2) is 0 Å². The van der Waals surface area contributed by atoms with Crippen molar-refractivity contribution in [1.29, 1.82) is 0 Å². The van der Waals surface area contributed by atoms with Crippen LogP contribution in [0.5, 0.6) is 0 Å². The molecule has 0 spiro atoms. The van der Waals surface area contributed by atoms with E-state index in [4.69, 9.17) is 15.5 Å². The van der Waals surface area contributed by atoms with E-state index in [1.54, 1.807) is 0 Å². The predicted molar refractivity (Wildman–Crippen MR) is 105 cm³/mol. The second-order valence-corrected chi connectivity index (χ2v) is 7.09. The lowest BCUT2D eigenvalue weighted by Gasteiger charge is -2.04. The molecule has 0 atom stereocenters. The first-order chi connectivity index (χ1) is 11.9. The molecule has 0 aromatic carbocycles. The first-order valence-electron chi connectivity index (χ1n) is 10.9. The summed E-state index contributed by atoms with van der Waals surface area (Å²) in [7, 11) is 0. The summed E-state index contributed by atoms with van der Waals surface area (Å²) in [5, 5.41) is 0. The maximum absolute atomic E-state index is 5.30. The van der Waals surface area contributed by atoms with Gasteiger partial charge in [-0.05, 0) is 6.42 Å². The van der Waals surface area contributed by atoms with Crippen LogP contribution in [-0.2, 0) is 9.78 Å². The molecule has 24 heavy (non-hydrogen) atoms. The average Bonchev–Trinajstić information content (AvgIpc) is 2.60. The molecule has 0 amide bonds. The Bertz CT molecular complexity index is 190. The predicted octanol–water partition coefficient (Wildman–Crippen LogP) is 6.54. The van der Waals surface area contributed by atoms with Crippen LogP contribution in [0.15, 0.2) is 0 Å². The van der Waals surface area contributed by atoms with Gasteiger partial charge in [-0.2, -0.15) is 0 Å². The quantitative estimate of drug-likeness (QED) is 0.146. The van der Waals surface area contributed by atoms with Crippen LogP contribution < -0.4 is 5.73 Å². The molecule has 0 aliphatic heterocycles. The number of hydrogen-bond acceptors (Lipinski definition) is 3. The molecule has 0 unspecified atom stereocenters. The van der Waals surface area contributed by atoms with Crippen molar-refractivity contribution in [2.45, 2.75) is 116 Å². The Kier molecular flexibility index (Phi) is 22.8. The highest BCUT2D eigenvalue weighted by atomic mass is 17.2. The molecule has 0 saturated heterocycles. The molecule has 0 aromatic rings. The van der Waals surface area contributed by atoms with Crippen LogP contribution >= 0.6 is 0 Å². The van der Waals surface area contributed by atoms with Gasteiger partial charge in [0.05, 0.1) is 13.2 Å².